The van der Waals surface area contributed by atoms with Crippen LogP contribution in [-0.2, 0) is 14.9 Å². The van der Waals surface area contributed by atoms with Gasteiger partial charge in [0.15, 0.2) is 5.82 Å². The molecule has 0 amide bonds. The monoisotopic (exact) mass is 364 g/mol. The maximum absolute atomic E-state index is 12.7. The fourth-order valence-electron chi connectivity index (χ4n) is 2.21. The highest BCUT2D eigenvalue weighted by Gasteiger charge is 2.30. The quantitative estimate of drug-likeness (QED) is 0.745. The largest absolute Gasteiger partial charge is 0.462 e. The third kappa shape index (κ3) is 3.32. The number of rotatable bonds is 5. The molecule has 0 radical (unpaired) electrons. The Morgan fingerprint density at radius 3 is 2.92 bits per heavy atom. The lowest BCUT2D eigenvalue weighted by Gasteiger charge is -2.22. The van der Waals surface area contributed by atoms with E-state index in [9.17, 15) is 13.2 Å². The van der Waals surface area contributed by atoms with Crippen LogP contribution in [0.15, 0.2) is 40.2 Å². The lowest BCUT2D eigenvalue weighted by molar-refractivity contribution is 0.0527. The summed E-state index contributed by atoms with van der Waals surface area (Å²) in [5, 5.41) is 1.34. The van der Waals surface area contributed by atoms with Crippen LogP contribution in [0.2, 0.25) is 0 Å². The highest BCUT2D eigenvalue weighted by Crippen LogP contribution is 2.25. The highest BCUT2D eigenvalue weighted by molar-refractivity contribution is 7.90. The van der Waals surface area contributed by atoms with E-state index in [2.05, 4.69) is 20.2 Å². The summed E-state index contributed by atoms with van der Waals surface area (Å²) < 4.78 is 33.6. The fourth-order valence-corrected chi connectivity index (χ4v) is 3.26. The van der Waals surface area contributed by atoms with E-state index in [0.29, 0.717) is 11.4 Å². The van der Waals surface area contributed by atoms with E-state index >= 15 is 0 Å². The average Bonchev–Trinajstić information content (AvgIpc) is 3.02. The van der Waals surface area contributed by atoms with Gasteiger partial charge in [0.05, 0.1) is 24.1 Å². The smallest absolute Gasteiger partial charge is 0.340 e. The predicted molar refractivity (Wildman–Crippen MR) is 91.6 cm³/mol. The van der Waals surface area contributed by atoms with Gasteiger partial charge in [-0.3, -0.25) is 4.72 Å². The van der Waals surface area contributed by atoms with Gasteiger partial charge in [0, 0.05) is 0 Å². The van der Waals surface area contributed by atoms with Crippen LogP contribution in [0.4, 0.5) is 5.69 Å². The maximum atomic E-state index is 12.7. The molecule has 0 spiro atoms. The molecule has 0 saturated carbocycles. The second-order valence-corrected chi connectivity index (χ2v) is 6.63. The van der Waals surface area contributed by atoms with Crippen molar-refractivity contribution in [2.75, 3.05) is 11.3 Å². The van der Waals surface area contributed by atoms with Crippen LogP contribution in [0.3, 0.4) is 0 Å². The number of hydrogen-bond donors (Lipinski definition) is 2. The van der Waals surface area contributed by atoms with Gasteiger partial charge in [-0.1, -0.05) is 12.1 Å². The number of nitrogens with zero attached hydrogens (tertiary/aromatic N) is 4. The zero-order valence-electron chi connectivity index (χ0n) is 13.5. The third-order valence-corrected chi connectivity index (χ3v) is 4.55. The van der Waals surface area contributed by atoms with Gasteiger partial charge >= 0.3 is 16.2 Å². The van der Waals surface area contributed by atoms with Crippen LogP contribution in [0.25, 0.3) is 0 Å². The van der Waals surface area contributed by atoms with E-state index in [1.165, 1.54) is 30.0 Å². The SMILES string of the molecule is CCOC(=O)c1cccc(C)c1NS(=O)(=O)N1C=C2N=CN=CN2N1. The molecule has 0 saturated heterocycles. The van der Waals surface area contributed by atoms with Crippen molar-refractivity contribution in [2.24, 2.45) is 9.98 Å². The van der Waals surface area contributed by atoms with Crippen molar-refractivity contribution in [1.29, 1.82) is 0 Å². The standard InChI is InChI=1S/C14H16N6O4S/c1-3-24-14(21)11-6-4-5-10(2)13(11)17-25(22,23)20-7-12-16-8-15-9-19(12)18-20/h4-9,17-18H,3H2,1-2H3. The summed E-state index contributed by atoms with van der Waals surface area (Å²) in [7, 11) is -4.05. The molecule has 0 aromatic heterocycles. The molecule has 3 rings (SSSR count). The van der Waals surface area contributed by atoms with Crippen molar-refractivity contribution < 1.29 is 17.9 Å². The molecule has 0 bridgehead atoms. The van der Waals surface area contributed by atoms with Crippen molar-refractivity contribution >= 4 is 34.5 Å². The summed E-state index contributed by atoms with van der Waals surface area (Å²) in [6, 6.07) is 4.84. The minimum atomic E-state index is -4.05. The first kappa shape index (κ1) is 16.9. The van der Waals surface area contributed by atoms with Crippen molar-refractivity contribution in [1.82, 2.24) is 15.0 Å². The zero-order valence-corrected chi connectivity index (χ0v) is 14.3. The molecule has 2 heterocycles. The van der Waals surface area contributed by atoms with Crippen LogP contribution in [0, 0.1) is 6.92 Å². The molecule has 2 aliphatic heterocycles. The molecule has 25 heavy (non-hydrogen) atoms. The second-order valence-electron chi connectivity index (χ2n) is 5.09. The van der Waals surface area contributed by atoms with Crippen molar-refractivity contribution in [3.63, 3.8) is 0 Å². The first-order chi connectivity index (χ1) is 11.9. The Morgan fingerprint density at radius 1 is 1.40 bits per heavy atom. The lowest BCUT2D eigenvalue weighted by atomic mass is 10.1. The van der Waals surface area contributed by atoms with Crippen molar-refractivity contribution in [2.45, 2.75) is 13.8 Å². The number of ether oxygens (including phenoxy) is 1. The van der Waals surface area contributed by atoms with E-state index in [0.717, 1.165) is 4.41 Å². The van der Waals surface area contributed by atoms with Gasteiger partial charge in [0.2, 0.25) is 0 Å². The third-order valence-electron chi connectivity index (χ3n) is 3.38. The van der Waals surface area contributed by atoms with Crippen LogP contribution in [-0.4, -0.2) is 43.1 Å². The topological polar surface area (TPSA) is 116 Å². The Morgan fingerprint density at radius 2 is 2.20 bits per heavy atom. The second kappa shape index (κ2) is 6.53. The molecule has 0 fully saturated rings. The van der Waals surface area contributed by atoms with Crippen LogP contribution < -0.4 is 10.3 Å². The van der Waals surface area contributed by atoms with Crippen LogP contribution in [0.1, 0.15) is 22.8 Å². The molecule has 0 aliphatic carbocycles. The predicted octanol–water partition coefficient (Wildman–Crippen LogP) is 0.735. The van der Waals surface area contributed by atoms with E-state index in [-0.39, 0.29) is 17.9 Å². The van der Waals surface area contributed by atoms with Crippen molar-refractivity contribution in [3.05, 3.63) is 41.3 Å². The molecule has 11 heteroatoms. The first-order valence-corrected chi connectivity index (χ1v) is 8.78. The molecular weight excluding hydrogens is 348 g/mol. The van der Waals surface area contributed by atoms with E-state index in [1.54, 1.807) is 26.0 Å². The molecule has 0 atom stereocenters. The Balaban J connectivity index is 1.89. The Hall–Kier alpha value is -2.92. The number of nitrogens with one attached hydrogen (secondary N) is 2. The number of para-hydroxylation sites is 1. The van der Waals surface area contributed by atoms with Gasteiger partial charge in [-0.05, 0) is 25.5 Å². The van der Waals surface area contributed by atoms with E-state index in [1.807, 2.05) is 0 Å². The number of fused-ring (bicyclic) bond motifs is 1. The Labute approximate surface area is 144 Å². The molecule has 2 N–H and O–H groups in total. The minimum Gasteiger partial charge on any atom is -0.462 e. The van der Waals surface area contributed by atoms with Gasteiger partial charge < -0.3 is 4.74 Å². The van der Waals surface area contributed by atoms with Crippen LogP contribution >= 0.6 is 0 Å². The normalized spacial score (nSPS) is 15.8. The number of carbonyl (C=O) groups is 1. The van der Waals surface area contributed by atoms with Crippen LogP contribution in [0.5, 0.6) is 0 Å². The molecule has 0 unspecified atom stereocenters. The van der Waals surface area contributed by atoms with E-state index in [4.69, 9.17) is 4.74 Å². The number of benzene rings is 1. The number of carbonyl (C=O) groups excluding carboxylic acids is 1. The summed E-state index contributed by atoms with van der Waals surface area (Å²) in [6.07, 6.45) is 3.96. The Kier molecular flexibility index (Phi) is 4.42. The van der Waals surface area contributed by atoms with Crippen molar-refractivity contribution in [3.8, 4) is 0 Å². The number of aliphatic imine (C=N–C) groups is 2. The summed E-state index contributed by atoms with van der Waals surface area (Å²) >= 11 is 0. The molecular formula is C14H16N6O4S. The number of aryl methyl sites for hydroxylation is 1. The van der Waals surface area contributed by atoms with Gasteiger partial charge in [0.1, 0.15) is 12.7 Å². The maximum Gasteiger partial charge on any atom is 0.340 e. The zero-order chi connectivity index (χ0) is 18.0. The summed E-state index contributed by atoms with van der Waals surface area (Å²) in [5.41, 5.74) is 3.46. The molecule has 132 valence electrons. The highest BCUT2D eigenvalue weighted by atomic mass is 32.2. The minimum absolute atomic E-state index is 0.134. The number of esters is 1. The molecule has 1 aromatic carbocycles. The number of anilines is 1. The molecule has 10 nitrogen and oxygen atoms in total. The van der Waals surface area contributed by atoms with Gasteiger partial charge in [-0.15, -0.1) is 5.53 Å². The average molecular weight is 364 g/mol. The Bertz CT molecular complexity index is 893. The fraction of sp³-hybridized carbons (Fsp3) is 0.214. The number of hydrazine groups is 2. The van der Waals surface area contributed by atoms with Gasteiger partial charge in [-0.25, -0.2) is 19.8 Å². The summed E-state index contributed by atoms with van der Waals surface area (Å²) in [6.45, 7) is 3.55. The summed E-state index contributed by atoms with van der Waals surface area (Å²) in [4.78, 5) is 19.8. The van der Waals surface area contributed by atoms with Gasteiger partial charge in [0.25, 0.3) is 0 Å². The molecule has 1 aromatic rings. The molecule has 2 aliphatic rings. The van der Waals surface area contributed by atoms with E-state index < -0.39 is 16.2 Å². The summed E-state index contributed by atoms with van der Waals surface area (Å²) in [5.74, 6) is -0.249. The van der Waals surface area contributed by atoms with Gasteiger partial charge in [-0.2, -0.15) is 12.8 Å². The first-order valence-electron chi connectivity index (χ1n) is 7.34. The lowest BCUT2D eigenvalue weighted by Crippen LogP contribution is -2.45. The number of hydrogen-bond acceptors (Lipinski definition) is 8.